The van der Waals surface area contributed by atoms with E-state index in [1.165, 1.54) is 5.56 Å². The Morgan fingerprint density at radius 3 is 2.68 bits per heavy atom. The number of nitrogens with two attached hydrogens (primary N) is 1. The summed E-state index contributed by atoms with van der Waals surface area (Å²) < 4.78 is 25.8. The molecule has 6 heteroatoms. The fourth-order valence-electron chi connectivity index (χ4n) is 2.39. The lowest BCUT2D eigenvalue weighted by Crippen LogP contribution is -2.14. The second kappa shape index (κ2) is 5.70. The van der Waals surface area contributed by atoms with Gasteiger partial charge in [0.1, 0.15) is 0 Å². The van der Waals surface area contributed by atoms with Crippen LogP contribution in [0.15, 0.2) is 42.6 Å². The van der Waals surface area contributed by atoms with Crippen molar-refractivity contribution in [1.29, 1.82) is 0 Å². The number of nitrogens with one attached hydrogen (secondary N) is 1. The van der Waals surface area contributed by atoms with Crippen LogP contribution >= 0.6 is 0 Å². The molecule has 5 nitrogen and oxygen atoms in total. The monoisotopic (exact) mass is 317 g/mol. The molecule has 0 aliphatic heterocycles. The molecule has 0 saturated heterocycles. The van der Waals surface area contributed by atoms with Crippen LogP contribution in [0.25, 0.3) is 11.3 Å². The Kier molecular flexibility index (Phi) is 3.88. The molecule has 116 valence electrons. The van der Waals surface area contributed by atoms with Gasteiger partial charge in [-0.3, -0.25) is 9.71 Å². The van der Waals surface area contributed by atoms with Gasteiger partial charge in [0.15, 0.2) is 0 Å². The van der Waals surface area contributed by atoms with Crippen LogP contribution in [0, 0.1) is 0 Å². The van der Waals surface area contributed by atoms with E-state index in [1.54, 1.807) is 19.1 Å². The number of nitrogens with zero attached hydrogens (tertiary/aromatic N) is 1. The lowest BCUT2D eigenvalue weighted by Gasteiger charge is -2.08. The molecule has 0 unspecified atom stereocenters. The molecule has 3 rings (SSSR count). The number of sulfonamides is 1. The molecule has 3 N–H and O–H groups in total. The molecule has 0 radical (unpaired) electrons. The van der Waals surface area contributed by atoms with Gasteiger partial charge < -0.3 is 5.73 Å². The number of benzene rings is 1. The third-order valence-electron chi connectivity index (χ3n) is 3.87. The van der Waals surface area contributed by atoms with Crippen molar-refractivity contribution in [3.63, 3.8) is 0 Å². The standard InChI is InChI=1S/C16H19N3O2S/c1-2-22(20,21)19-13-5-3-4-11(8-13)16-7-6-12(10-18-16)14-9-15(14)17/h3-8,10,14-15,19H,2,9,17H2,1H3/t14-,15+/m0/s1. The first-order valence-electron chi connectivity index (χ1n) is 7.31. The summed E-state index contributed by atoms with van der Waals surface area (Å²) in [5.74, 6) is 0.482. The van der Waals surface area contributed by atoms with Gasteiger partial charge in [-0.25, -0.2) is 8.42 Å². The van der Waals surface area contributed by atoms with Crippen molar-refractivity contribution < 1.29 is 8.42 Å². The van der Waals surface area contributed by atoms with Crippen molar-refractivity contribution >= 4 is 15.7 Å². The molecular formula is C16H19N3O2S. The smallest absolute Gasteiger partial charge is 0.232 e. The summed E-state index contributed by atoms with van der Waals surface area (Å²) in [6.07, 6.45) is 2.88. The van der Waals surface area contributed by atoms with Gasteiger partial charge in [-0.05, 0) is 37.1 Å². The highest BCUT2D eigenvalue weighted by Crippen LogP contribution is 2.38. The second-order valence-corrected chi connectivity index (χ2v) is 7.58. The quantitative estimate of drug-likeness (QED) is 0.886. The first-order valence-corrected chi connectivity index (χ1v) is 8.96. The molecule has 0 bridgehead atoms. The highest BCUT2D eigenvalue weighted by molar-refractivity contribution is 7.92. The molecule has 1 heterocycles. The lowest BCUT2D eigenvalue weighted by molar-refractivity contribution is 0.602. The highest BCUT2D eigenvalue weighted by atomic mass is 32.2. The number of pyridine rings is 1. The average molecular weight is 317 g/mol. The third kappa shape index (κ3) is 3.28. The molecule has 1 aromatic heterocycles. The Balaban J connectivity index is 1.82. The van der Waals surface area contributed by atoms with Crippen LogP contribution in [0.5, 0.6) is 0 Å². The summed E-state index contributed by atoms with van der Waals surface area (Å²) in [6.45, 7) is 1.61. The van der Waals surface area contributed by atoms with Gasteiger partial charge in [0.05, 0.1) is 11.4 Å². The van der Waals surface area contributed by atoms with Gasteiger partial charge in [0.2, 0.25) is 10.0 Å². The van der Waals surface area contributed by atoms with Crippen LogP contribution in [-0.2, 0) is 10.0 Å². The van der Waals surface area contributed by atoms with Crippen molar-refractivity contribution in [1.82, 2.24) is 4.98 Å². The predicted molar refractivity (Wildman–Crippen MR) is 88.1 cm³/mol. The third-order valence-corrected chi connectivity index (χ3v) is 5.17. The minimum absolute atomic E-state index is 0.0474. The van der Waals surface area contributed by atoms with Gasteiger partial charge in [-0.15, -0.1) is 0 Å². The summed E-state index contributed by atoms with van der Waals surface area (Å²) in [5.41, 5.74) is 9.26. The van der Waals surface area contributed by atoms with E-state index in [9.17, 15) is 8.42 Å². The van der Waals surface area contributed by atoms with Crippen LogP contribution < -0.4 is 10.5 Å². The van der Waals surface area contributed by atoms with Crippen molar-refractivity contribution in [3.05, 3.63) is 48.2 Å². The molecular weight excluding hydrogens is 298 g/mol. The molecule has 1 fully saturated rings. The molecule has 1 aliphatic rings. The second-order valence-electron chi connectivity index (χ2n) is 5.57. The number of hydrogen-bond donors (Lipinski definition) is 2. The van der Waals surface area contributed by atoms with Gasteiger partial charge in [0.25, 0.3) is 0 Å². The van der Waals surface area contributed by atoms with E-state index in [0.29, 0.717) is 11.6 Å². The summed E-state index contributed by atoms with van der Waals surface area (Å²) in [7, 11) is -3.27. The minimum atomic E-state index is -3.27. The fourth-order valence-corrected chi connectivity index (χ4v) is 3.02. The van der Waals surface area contributed by atoms with E-state index < -0.39 is 10.0 Å². The van der Waals surface area contributed by atoms with Crippen LogP contribution in [0.1, 0.15) is 24.8 Å². The normalized spacial score (nSPS) is 20.6. The van der Waals surface area contributed by atoms with E-state index in [-0.39, 0.29) is 11.8 Å². The zero-order valence-electron chi connectivity index (χ0n) is 12.4. The zero-order chi connectivity index (χ0) is 15.7. The molecule has 22 heavy (non-hydrogen) atoms. The Hall–Kier alpha value is -1.92. The Morgan fingerprint density at radius 1 is 1.32 bits per heavy atom. The van der Waals surface area contributed by atoms with Crippen molar-refractivity contribution in [2.24, 2.45) is 5.73 Å². The topological polar surface area (TPSA) is 85.1 Å². The Bertz CT molecular complexity index is 772. The molecule has 2 aromatic rings. The fraction of sp³-hybridized carbons (Fsp3) is 0.312. The number of rotatable bonds is 5. The minimum Gasteiger partial charge on any atom is -0.327 e. The van der Waals surface area contributed by atoms with Crippen molar-refractivity contribution in [3.8, 4) is 11.3 Å². The van der Waals surface area contributed by atoms with Gasteiger partial charge in [-0.2, -0.15) is 0 Å². The SMILES string of the molecule is CCS(=O)(=O)Nc1cccc(-c2ccc([C@@H]3C[C@H]3N)cn2)c1. The van der Waals surface area contributed by atoms with Crippen LogP contribution in [0.4, 0.5) is 5.69 Å². The number of anilines is 1. The van der Waals surface area contributed by atoms with E-state index in [2.05, 4.69) is 9.71 Å². The predicted octanol–water partition coefficient (Wildman–Crippen LogP) is 2.32. The van der Waals surface area contributed by atoms with E-state index in [0.717, 1.165) is 17.7 Å². The van der Waals surface area contributed by atoms with Gasteiger partial charge in [0, 0.05) is 29.4 Å². The molecule has 1 aromatic carbocycles. The molecule has 2 atom stereocenters. The number of hydrogen-bond acceptors (Lipinski definition) is 4. The molecule has 0 spiro atoms. The summed E-state index contributed by atoms with van der Waals surface area (Å²) in [4.78, 5) is 4.47. The zero-order valence-corrected chi connectivity index (χ0v) is 13.2. The molecule has 1 aliphatic carbocycles. The van der Waals surface area contributed by atoms with Crippen LogP contribution in [0.2, 0.25) is 0 Å². The molecule has 1 saturated carbocycles. The lowest BCUT2D eigenvalue weighted by atomic mass is 10.1. The maximum atomic E-state index is 11.6. The first kappa shape index (κ1) is 15.0. The highest BCUT2D eigenvalue weighted by Gasteiger charge is 2.34. The maximum Gasteiger partial charge on any atom is 0.232 e. The van der Waals surface area contributed by atoms with E-state index >= 15 is 0 Å². The van der Waals surface area contributed by atoms with Gasteiger partial charge >= 0.3 is 0 Å². The first-order chi connectivity index (χ1) is 10.5. The summed E-state index contributed by atoms with van der Waals surface area (Å²) in [5, 5.41) is 0. The van der Waals surface area contributed by atoms with Crippen LogP contribution in [0.3, 0.4) is 0 Å². The largest absolute Gasteiger partial charge is 0.327 e. The average Bonchev–Trinajstić information content (AvgIpc) is 3.24. The van der Waals surface area contributed by atoms with Crippen LogP contribution in [-0.4, -0.2) is 25.2 Å². The summed E-state index contributed by atoms with van der Waals surface area (Å²) in [6, 6.07) is 11.5. The van der Waals surface area contributed by atoms with Gasteiger partial charge in [-0.1, -0.05) is 18.2 Å². The number of aromatic nitrogens is 1. The Morgan fingerprint density at radius 2 is 2.09 bits per heavy atom. The Labute approximate surface area is 130 Å². The van der Waals surface area contributed by atoms with Crippen molar-refractivity contribution in [2.45, 2.75) is 25.3 Å². The van der Waals surface area contributed by atoms with E-state index in [1.807, 2.05) is 30.5 Å². The summed E-state index contributed by atoms with van der Waals surface area (Å²) >= 11 is 0. The van der Waals surface area contributed by atoms with E-state index in [4.69, 9.17) is 5.73 Å². The van der Waals surface area contributed by atoms with Crippen molar-refractivity contribution in [2.75, 3.05) is 10.5 Å². The maximum absolute atomic E-state index is 11.6. The molecule has 0 amide bonds.